The zero-order valence-electron chi connectivity index (χ0n) is 12.2. The average molecular weight is 259 g/mol. The summed E-state index contributed by atoms with van der Waals surface area (Å²) in [6.45, 7) is 9.99. The van der Waals surface area contributed by atoms with Gasteiger partial charge in [-0.15, -0.1) is 0 Å². The van der Waals surface area contributed by atoms with Crippen LogP contribution in [-0.2, 0) is 4.79 Å². The highest BCUT2D eigenvalue weighted by Gasteiger charge is 2.37. The van der Waals surface area contributed by atoms with Gasteiger partial charge in [-0.05, 0) is 45.8 Å². The van der Waals surface area contributed by atoms with E-state index in [9.17, 15) is 9.90 Å². The summed E-state index contributed by atoms with van der Waals surface area (Å²) in [6.07, 6.45) is 2.15. The Balaban J connectivity index is 2.70. The lowest BCUT2D eigenvalue weighted by Gasteiger charge is -2.46. The maximum absolute atomic E-state index is 11.4. The second kappa shape index (κ2) is 4.41. The summed E-state index contributed by atoms with van der Waals surface area (Å²) in [5, 5.41) is 9.39. The Kier molecular flexibility index (Phi) is 3.17. The molecule has 2 rings (SSSR count). The molecule has 0 radical (unpaired) electrons. The van der Waals surface area contributed by atoms with Crippen LogP contribution in [0.5, 0.6) is 0 Å². The standard InChI is InChI=1S/C16H21NO2/c1-10-7-6-8-13-11(2)9-16(4,5)17(14(10)13)12(3)15(18)19/h6-9,12H,1-5H3,(H,18,19). The number of para-hydroxylation sites is 1. The van der Waals surface area contributed by atoms with Gasteiger partial charge in [-0.3, -0.25) is 0 Å². The number of benzene rings is 1. The Labute approximate surface area is 114 Å². The second-order valence-corrected chi connectivity index (χ2v) is 5.84. The number of aliphatic carboxylic acids is 1. The quantitative estimate of drug-likeness (QED) is 0.884. The van der Waals surface area contributed by atoms with Crippen molar-refractivity contribution in [3.05, 3.63) is 35.4 Å². The van der Waals surface area contributed by atoms with E-state index in [2.05, 4.69) is 32.9 Å². The molecule has 1 unspecified atom stereocenters. The normalized spacial score (nSPS) is 18.6. The number of carbonyl (C=O) groups is 1. The molecule has 0 aromatic heterocycles. The van der Waals surface area contributed by atoms with Crippen LogP contribution in [0.4, 0.5) is 5.69 Å². The average Bonchev–Trinajstić information content (AvgIpc) is 2.29. The zero-order valence-corrected chi connectivity index (χ0v) is 12.2. The van der Waals surface area contributed by atoms with Crippen molar-refractivity contribution in [3.8, 4) is 0 Å². The van der Waals surface area contributed by atoms with E-state index in [1.807, 2.05) is 24.0 Å². The van der Waals surface area contributed by atoms with Gasteiger partial charge >= 0.3 is 5.97 Å². The SMILES string of the molecule is CC1=CC(C)(C)N(C(C)C(=O)O)c2c(C)cccc21. The summed E-state index contributed by atoms with van der Waals surface area (Å²) in [5.41, 5.74) is 4.19. The highest BCUT2D eigenvalue weighted by Crippen LogP contribution is 2.41. The van der Waals surface area contributed by atoms with Crippen LogP contribution in [0.2, 0.25) is 0 Å². The maximum atomic E-state index is 11.4. The number of nitrogens with zero attached hydrogens (tertiary/aromatic N) is 1. The van der Waals surface area contributed by atoms with Gasteiger partial charge < -0.3 is 10.0 Å². The molecule has 1 aromatic carbocycles. The van der Waals surface area contributed by atoms with Gasteiger partial charge in [0.15, 0.2) is 0 Å². The summed E-state index contributed by atoms with van der Waals surface area (Å²) in [7, 11) is 0. The summed E-state index contributed by atoms with van der Waals surface area (Å²) < 4.78 is 0. The number of hydrogen-bond donors (Lipinski definition) is 1. The lowest BCUT2D eigenvalue weighted by atomic mass is 9.86. The van der Waals surface area contributed by atoms with E-state index in [0.717, 1.165) is 16.8 Å². The van der Waals surface area contributed by atoms with E-state index in [1.54, 1.807) is 6.92 Å². The fraction of sp³-hybridized carbons (Fsp3) is 0.438. The summed E-state index contributed by atoms with van der Waals surface area (Å²) >= 11 is 0. The highest BCUT2D eigenvalue weighted by molar-refractivity contribution is 5.87. The van der Waals surface area contributed by atoms with E-state index < -0.39 is 12.0 Å². The van der Waals surface area contributed by atoms with Gasteiger partial charge in [0.1, 0.15) is 6.04 Å². The van der Waals surface area contributed by atoms with Crippen LogP contribution < -0.4 is 4.90 Å². The predicted molar refractivity (Wildman–Crippen MR) is 78.5 cm³/mol. The molecule has 1 atom stereocenters. The van der Waals surface area contributed by atoms with Gasteiger partial charge in [0.2, 0.25) is 0 Å². The summed E-state index contributed by atoms with van der Waals surface area (Å²) in [5.74, 6) is -0.796. The van der Waals surface area contributed by atoms with Gasteiger partial charge in [-0.1, -0.05) is 24.3 Å². The number of fused-ring (bicyclic) bond motifs is 1. The van der Waals surface area contributed by atoms with Crippen molar-refractivity contribution in [1.82, 2.24) is 0 Å². The highest BCUT2D eigenvalue weighted by atomic mass is 16.4. The number of aryl methyl sites for hydroxylation is 1. The third-order valence-electron chi connectivity index (χ3n) is 3.84. The molecule has 0 saturated heterocycles. The molecule has 0 saturated carbocycles. The third-order valence-corrected chi connectivity index (χ3v) is 3.84. The number of anilines is 1. The molecule has 102 valence electrons. The molecule has 0 aliphatic carbocycles. The van der Waals surface area contributed by atoms with Crippen LogP contribution in [0.1, 0.15) is 38.8 Å². The number of carboxylic acids is 1. The Morgan fingerprint density at radius 1 is 1.32 bits per heavy atom. The van der Waals surface area contributed by atoms with Crippen LogP contribution in [-0.4, -0.2) is 22.7 Å². The smallest absolute Gasteiger partial charge is 0.326 e. The molecule has 1 aliphatic heterocycles. The summed E-state index contributed by atoms with van der Waals surface area (Å²) in [4.78, 5) is 13.4. The minimum atomic E-state index is -0.796. The fourth-order valence-corrected chi connectivity index (χ4v) is 3.07. The first-order chi connectivity index (χ1) is 8.75. The minimum Gasteiger partial charge on any atom is -0.480 e. The van der Waals surface area contributed by atoms with Crippen molar-refractivity contribution in [2.75, 3.05) is 4.90 Å². The van der Waals surface area contributed by atoms with E-state index in [1.165, 1.54) is 5.57 Å². The van der Waals surface area contributed by atoms with Crippen LogP contribution in [0.15, 0.2) is 24.3 Å². The largest absolute Gasteiger partial charge is 0.480 e. The monoisotopic (exact) mass is 259 g/mol. The fourth-order valence-electron chi connectivity index (χ4n) is 3.07. The maximum Gasteiger partial charge on any atom is 0.326 e. The van der Waals surface area contributed by atoms with E-state index in [4.69, 9.17) is 0 Å². The van der Waals surface area contributed by atoms with Gasteiger partial charge in [0.05, 0.1) is 5.54 Å². The molecule has 0 amide bonds. The molecule has 1 aromatic rings. The Morgan fingerprint density at radius 2 is 1.95 bits per heavy atom. The van der Waals surface area contributed by atoms with Crippen LogP contribution in [0, 0.1) is 6.92 Å². The van der Waals surface area contributed by atoms with E-state index in [-0.39, 0.29) is 5.54 Å². The molecule has 0 spiro atoms. The molecule has 1 heterocycles. The Hall–Kier alpha value is -1.77. The lowest BCUT2D eigenvalue weighted by molar-refractivity contribution is -0.138. The molecule has 3 heteroatoms. The Morgan fingerprint density at radius 3 is 2.53 bits per heavy atom. The molecular weight excluding hydrogens is 238 g/mol. The van der Waals surface area contributed by atoms with E-state index >= 15 is 0 Å². The summed E-state index contributed by atoms with van der Waals surface area (Å²) in [6, 6.07) is 5.56. The first-order valence-corrected chi connectivity index (χ1v) is 6.57. The topological polar surface area (TPSA) is 40.5 Å². The van der Waals surface area contributed by atoms with Crippen LogP contribution in [0.3, 0.4) is 0 Å². The first-order valence-electron chi connectivity index (χ1n) is 6.57. The second-order valence-electron chi connectivity index (χ2n) is 5.84. The van der Waals surface area contributed by atoms with Crippen molar-refractivity contribution >= 4 is 17.2 Å². The van der Waals surface area contributed by atoms with Gasteiger partial charge in [0, 0.05) is 11.3 Å². The lowest BCUT2D eigenvalue weighted by Crippen LogP contribution is -2.53. The predicted octanol–water partition coefficient (Wildman–Crippen LogP) is 3.47. The molecular formula is C16H21NO2. The van der Waals surface area contributed by atoms with Crippen molar-refractivity contribution in [1.29, 1.82) is 0 Å². The van der Waals surface area contributed by atoms with Crippen molar-refractivity contribution < 1.29 is 9.90 Å². The minimum absolute atomic E-state index is 0.305. The van der Waals surface area contributed by atoms with Gasteiger partial charge in [0.25, 0.3) is 0 Å². The van der Waals surface area contributed by atoms with Gasteiger partial charge in [-0.2, -0.15) is 0 Å². The molecule has 0 fully saturated rings. The van der Waals surface area contributed by atoms with Crippen molar-refractivity contribution in [2.24, 2.45) is 0 Å². The zero-order chi connectivity index (χ0) is 14.4. The Bertz CT molecular complexity index is 558. The molecule has 1 aliphatic rings. The molecule has 3 nitrogen and oxygen atoms in total. The third kappa shape index (κ3) is 2.14. The van der Waals surface area contributed by atoms with Crippen LogP contribution in [0.25, 0.3) is 5.57 Å². The first kappa shape index (κ1) is 13.7. The van der Waals surface area contributed by atoms with Crippen molar-refractivity contribution in [2.45, 2.75) is 46.2 Å². The van der Waals surface area contributed by atoms with E-state index in [0.29, 0.717) is 0 Å². The van der Waals surface area contributed by atoms with Crippen LogP contribution >= 0.6 is 0 Å². The number of hydrogen-bond acceptors (Lipinski definition) is 2. The molecule has 19 heavy (non-hydrogen) atoms. The number of carboxylic acid groups (broad SMARTS) is 1. The van der Waals surface area contributed by atoms with Gasteiger partial charge in [-0.25, -0.2) is 4.79 Å². The number of allylic oxidation sites excluding steroid dienone is 1. The molecule has 0 bridgehead atoms. The number of rotatable bonds is 2. The van der Waals surface area contributed by atoms with Crippen molar-refractivity contribution in [3.63, 3.8) is 0 Å². The molecule has 1 N–H and O–H groups in total.